The standard InChI is InChI=1S/C23H24N4O5/c1-4-11-32-20-10-5-16(12-21(20)31-3)23(29)26-18-13-24-27(14-18)15-22(28)25-17-6-8-19(30-2)9-7-17/h4-10,12-14H,1,11,15H2,2-3H3,(H,25,28)(H,26,29). The van der Waals surface area contributed by atoms with Crippen molar-refractivity contribution in [2.45, 2.75) is 6.54 Å². The third kappa shape index (κ3) is 5.88. The summed E-state index contributed by atoms with van der Waals surface area (Å²) in [6, 6.07) is 11.9. The molecule has 0 saturated heterocycles. The first-order chi connectivity index (χ1) is 15.5. The topological polar surface area (TPSA) is 104 Å². The second-order valence-corrected chi connectivity index (χ2v) is 6.62. The molecule has 0 aliphatic heterocycles. The van der Waals surface area contributed by atoms with Gasteiger partial charge in [0.2, 0.25) is 5.91 Å². The van der Waals surface area contributed by atoms with Crippen molar-refractivity contribution in [3.63, 3.8) is 0 Å². The first-order valence-electron chi connectivity index (χ1n) is 9.72. The summed E-state index contributed by atoms with van der Waals surface area (Å²) < 4.78 is 17.3. The number of nitrogens with zero attached hydrogens (tertiary/aromatic N) is 2. The van der Waals surface area contributed by atoms with Crippen molar-refractivity contribution < 1.29 is 23.8 Å². The molecule has 9 nitrogen and oxygen atoms in total. The Kier molecular flexibility index (Phi) is 7.47. The predicted molar refractivity (Wildman–Crippen MR) is 120 cm³/mol. The van der Waals surface area contributed by atoms with E-state index in [1.54, 1.807) is 61.8 Å². The summed E-state index contributed by atoms with van der Waals surface area (Å²) in [4.78, 5) is 24.8. The molecule has 3 aromatic rings. The minimum absolute atomic E-state index is 0.00887. The third-order valence-corrected chi connectivity index (χ3v) is 4.35. The molecule has 0 atom stereocenters. The lowest BCUT2D eigenvalue weighted by Crippen LogP contribution is -2.19. The number of rotatable bonds is 10. The molecule has 0 aliphatic rings. The maximum absolute atomic E-state index is 12.6. The van der Waals surface area contributed by atoms with Gasteiger partial charge in [-0.05, 0) is 42.5 Å². The van der Waals surface area contributed by atoms with E-state index in [1.165, 1.54) is 18.0 Å². The molecule has 0 aliphatic carbocycles. The first kappa shape index (κ1) is 22.4. The molecular formula is C23H24N4O5. The lowest BCUT2D eigenvalue weighted by atomic mass is 10.2. The molecule has 166 valence electrons. The molecule has 1 aromatic heterocycles. The Labute approximate surface area is 185 Å². The number of amides is 2. The molecule has 0 radical (unpaired) electrons. The highest BCUT2D eigenvalue weighted by Gasteiger charge is 2.13. The Bertz CT molecular complexity index is 1090. The van der Waals surface area contributed by atoms with Gasteiger partial charge in [-0.25, -0.2) is 0 Å². The van der Waals surface area contributed by atoms with E-state index in [-0.39, 0.29) is 18.4 Å². The van der Waals surface area contributed by atoms with Crippen LogP contribution in [0.3, 0.4) is 0 Å². The van der Waals surface area contributed by atoms with E-state index < -0.39 is 0 Å². The summed E-state index contributed by atoms with van der Waals surface area (Å²) in [6.45, 7) is 3.92. The Morgan fingerprint density at radius 1 is 1.03 bits per heavy atom. The molecule has 0 bridgehead atoms. The van der Waals surface area contributed by atoms with Crippen molar-refractivity contribution in [3.8, 4) is 17.2 Å². The maximum atomic E-state index is 12.6. The van der Waals surface area contributed by atoms with E-state index >= 15 is 0 Å². The number of nitrogens with one attached hydrogen (secondary N) is 2. The zero-order valence-electron chi connectivity index (χ0n) is 17.8. The fraction of sp³-hybridized carbons (Fsp3) is 0.174. The van der Waals surface area contributed by atoms with E-state index in [0.717, 1.165) is 0 Å². The van der Waals surface area contributed by atoms with Crippen LogP contribution in [0.4, 0.5) is 11.4 Å². The first-order valence-corrected chi connectivity index (χ1v) is 9.72. The molecule has 1 heterocycles. The molecule has 2 N–H and O–H groups in total. The number of anilines is 2. The highest BCUT2D eigenvalue weighted by Crippen LogP contribution is 2.28. The Morgan fingerprint density at radius 3 is 2.50 bits per heavy atom. The van der Waals surface area contributed by atoms with Gasteiger partial charge in [-0.15, -0.1) is 0 Å². The Hall–Kier alpha value is -4.27. The van der Waals surface area contributed by atoms with Crippen LogP contribution in [-0.2, 0) is 11.3 Å². The average Bonchev–Trinajstić information content (AvgIpc) is 3.24. The molecule has 0 spiro atoms. The van der Waals surface area contributed by atoms with Gasteiger partial charge in [0.1, 0.15) is 18.9 Å². The molecule has 9 heteroatoms. The van der Waals surface area contributed by atoms with Gasteiger partial charge in [0.15, 0.2) is 11.5 Å². The summed E-state index contributed by atoms with van der Waals surface area (Å²) in [5.41, 5.74) is 1.49. The number of carbonyl (C=O) groups is 2. The average molecular weight is 436 g/mol. The van der Waals surface area contributed by atoms with Crippen molar-refractivity contribution in [2.75, 3.05) is 31.5 Å². The number of hydrogen-bond donors (Lipinski definition) is 2. The summed E-state index contributed by atoms with van der Waals surface area (Å²) >= 11 is 0. The van der Waals surface area contributed by atoms with Crippen LogP contribution in [0.25, 0.3) is 0 Å². The molecule has 32 heavy (non-hydrogen) atoms. The van der Waals surface area contributed by atoms with Crippen LogP contribution in [0.1, 0.15) is 10.4 Å². The molecule has 3 rings (SSSR count). The van der Waals surface area contributed by atoms with Crippen LogP contribution >= 0.6 is 0 Å². The van der Waals surface area contributed by atoms with Crippen LogP contribution < -0.4 is 24.8 Å². The van der Waals surface area contributed by atoms with Gasteiger partial charge >= 0.3 is 0 Å². The number of carbonyl (C=O) groups excluding carboxylic acids is 2. The van der Waals surface area contributed by atoms with E-state index in [0.29, 0.717) is 40.8 Å². The van der Waals surface area contributed by atoms with E-state index in [1.807, 2.05) is 0 Å². The molecule has 0 fully saturated rings. The van der Waals surface area contributed by atoms with Crippen LogP contribution in [-0.4, -0.2) is 42.4 Å². The van der Waals surface area contributed by atoms with E-state index in [9.17, 15) is 9.59 Å². The van der Waals surface area contributed by atoms with Crippen molar-refractivity contribution >= 4 is 23.2 Å². The normalized spacial score (nSPS) is 10.2. The van der Waals surface area contributed by atoms with Gasteiger partial charge in [0.05, 0.1) is 26.1 Å². The number of methoxy groups -OCH3 is 2. The van der Waals surface area contributed by atoms with Gasteiger partial charge in [-0.1, -0.05) is 12.7 Å². The van der Waals surface area contributed by atoms with Crippen LogP contribution in [0, 0.1) is 0 Å². The fourth-order valence-electron chi connectivity index (χ4n) is 2.82. The van der Waals surface area contributed by atoms with Gasteiger partial charge in [0.25, 0.3) is 5.91 Å². The van der Waals surface area contributed by atoms with Gasteiger partial charge in [0, 0.05) is 17.4 Å². The minimum atomic E-state index is -0.346. The Morgan fingerprint density at radius 2 is 1.81 bits per heavy atom. The zero-order valence-corrected chi connectivity index (χ0v) is 17.8. The number of hydrogen-bond acceptors (Lipinski definition) is 6. The SMILES string of the molecule is C=CCOc1ccc(C(=O)Nc2cnn(CC(=O)Nc3ccc(OC)cc3)c2)cc1OC. The van der Waals surface area contributed by atoms with Gasteiger partial charge in [-0.2, -0.15) is 5.10 Å². The lowest BCUT2D eigenvalue weighted by molar-refractivity contribution is -0.116. The quantitative estimate of drug-likeness (QED) is 0.473. The molecular weight excluding hydrogens is 412 g/mol. The van der Waals surface area contributed by atoms with E-state index in [2.05, 4.69) is 22.3 Å². The summed E-state index contributed by atoms with van der Waals surface area (Å²) in [5, 5.41) is 9.64. The summed E-state index contributed by atoms with van der Waals surface area (Å²) in [5.74, 6) is 1.05. The monoisotopic (exact) mass is 436 g/mol. The fourth-order valence-corrected chi connectivity index (χ4v) is 2.82. The second kappa shape index (κ2) is 10.7. The lowest BCUT2D eigenvalue weighted by Gasteiger charge is -2.11. The number of aromatic nitrogens is 2. The van der Waals surface area contributed by atoms with Crippen molar-refractivity contribution in [1.29, 1.82) is 0 Å². The van der Waals surface area contributed by atoms with E-state index in [4.69, 9.17) is 14.2 Å². The molecule has 0 unspecified atom stereocenters. The number of ether oxygens (including phenoxy) is 3. The second-order valence-electron chi connectivity index (χ2n) is 6.62. The summed E-state index contributed by atoms with van der Waals surface area (Å²) in [7, 11) is 3.07. The molecule has 2 amide bonds. The highest BCUT2D eigenvalue weighted by molar-refractivity contribution is 6.04. The minimum Gasteiger partial charge on any atom is -0.497 e. The highest BCUT2D eigenvalue weighted by atomic mass is 16.5. The van der Waals surface area contributed by atoms with Crippen molar-refractivity contribution in [2.24, 2.45) is 0 Å². The predicted octanol–water partition coefficient (Wildman–Crippen LogP) is 3.36. The van der Waals surface area contributed by atoms with Crippen LogP contribution in [0.2, 0.25) is 0 Å². The largest absolute Gasteiger partial charge is 0.497 e. The van der Waals surface area contributed by atoms with Crippen molar-refractivity contribution in [1.82, 2.24) is 9.78 Å². The van der Waals surface area contributed by atoms with Gasteiger partial charge < -0.3 is 24.8 Å². The zero-order chi connectivity index (χ0) is 22.9. The van der Waals surface area contributed by atoms with Crippen LogP contribution in [0.5, 0.6) is 17.2 Å². The summed E-state index contributed by atoms with van der Waals surface area (Å²) in [6.07, 6.45) is 4.66. The smallest absolute Gasteiger partial charge is 0.255 e. The molecule has 2 aromatic carbocycles. The Balaban J connectivity index is 1.58. The van der Waals surface area contributed by atoms with Crippen molar-refractivity contribution in [3.05, 3.63) is 73.1 Å². The third-order valence-electron chi connectivity index (χ3n) is 4.35. The maximum Gasteiger partial charge on any atom is 0.255 e. The molecule has 0 saturated carbocycles. The van der Waals surface area contributed by atoms with Crippen LogP contribution in [0.15, 0.2) is 67.5 Å². The number of benzene rings is 2. The van der Waals surface area contributed by atoms with Gasteiger partial charge in [-0.3, -0.25) is 14.3 Å².